The van der Waals surface area contributed by atoms with Gasteiger partial charge in [0.25, 0.3) is 0 Å². The molecule has 2 nitrogen and oxygen atoms in total. The standard InChI is InChI=1S/C18H13NO/c20-14-8-9-17-13(10-14)11-18(19-17)16-7-3-5-12-4-1-2-6-15(12)16/h1-11,19-20H. The van der Waals surface area contributed by atoms with Gasteiger partial charge in [0.1, 0.15) is 5.75 Å². The van der Waals surface area contributed by atoms with Crippen molar-refractivity contribution >= 4 is 21.7 Å². The first-order chi connectivity index (χ1) is 9.81. The molecule has 2 N–H and O–H groups in total. The van der Waals surface area contributed by atoms with Gasteiger partial charge in [0.15, 0.2) is 0 Å². The van der Waals surface area contributed by atoms with Gasteiger partial charge in [-0.3, -0.25) is 0 Å². The molecule has 0 spiro atoms. The second-order valence-corrected chi connectivity index (χ2v) is 4.98. The lowest BCUT2D eigenvalue weighted by Crippen LogP contribution is -1.80. The van der Waals surface area contributed by atoms with E-state index in [1.54, 1.807) is 12.1 Å². The number of aromatic amines is 1. The molecule has 0 aliphatic rings. The lowest BCUT2D eigenvalue weighted by Gasteiger charge is -2.04. The number of phenolic OH excluding ortho intramolecular Hbond substituents is 1. The van der Waals surface area contributed by atoms with Crippen molar-refractivity contribution < 1.29 is 5.11 Å². The summed E-state index contributed by atoms with van der Waals surface area (Å²) in [6.45, 7) is 0. The van der Waals surface area contributed by atoms with Gasteiger partial charge in [-0.05, 0) is 35.0 Å². The van der Waals surface area contributed by atoms with Crippen LogP contribution < -0.4 is 0 Å². The van der Waals surface area contributed by atoms with Crippen LogP contribution in [0.15, 0.2) is 66.7 Å². The van der Waals surface area contributed by atoms with Crippen molar-refractivity contribution in [3.05, 3.63) is 66.7 Å². The van der Waals surface area contributed by atoms with Crippen LogP contribution >= 0.6 is 0 Å². The van der Waals surface area contributed by atoms with Crippen LogP contribution in [-0.2, 0) is 0 Å². The van der Waals surface area contributed by atoms with Crippen molar-refractivity contribution in [1.29, 1.82) is 0 Å². The maximum atomic E-state index is 9.57. The van der Waals surface area contributed by atoms with Crippen molar-refractivity contribution in [3.8, 4) is 17.0 Å². The molecule has 3 aromatic carbocycles. The summed E-state index contributed by atoms with van der Waals surface area (Å²) < 4.78 is 0. The Bertz CT molecular complexity index is 916. The third kappa shape index (κ3) is 1.66. The molecule has 0 radical (unpaired) electrons. The van der Waals surface area contributed by atoms with E-state index in [4.69, 9.17) is 0 Å². The summed E-state index contributed by atoms with van der Waals surface area (Å²) in [5, 5.41) is 13.0. The Morgan fingerprint density at radius 3 is 2.55 bits per heavy atom. The minimum atomic E-state index is 0.293. The highest BCUT2D eigenvalue weighted by atomic mass is 16.3. The van der Waals surface area contributed by atoms with Crippen LogP contribution in [0.1, 0.15) is 0 Å². The van der Waals surface area contributed by atoms with Gasteiger partial charge in [-0.15, -0.1) is 0 Å². The van der Waals surface area contributed by atoms with E-state index in [-0.39, 0.29) is 0 Å². The van der Waals surface area contributed by atoms with E-state index in [9.17, 15) is 5.11 Å². The first-order valence-electron chi connectivity index (χ1n) is 6.61. The van der Waals surface area contributed by atoms with Gasteiger partial charge in [-0.1, -0.05) is 42.5 Å². The van der Waals surface area contributed by atoms with Gasteiger partial charge in [-0.25, -0.2) is 0 Å². The summed E-state index contributed by atoms with van der Waals surface area (Å²) in [5.41, 5.74) is 3.28. The average Bonchev–Trinajstić information content (AvgIpc) is 2.89. The predicted molar refractivity (Wildman–Crippen MR) is 82.9 cm³/mol. The fourth-order valence-electron chi connectivity index (χ4n) is 2.73. The van der Waals surface area contributed by atoms with E-state index < -0.39 is 0 Å². The first kappa shape index (κ1) is 11.1. The Hall–Kier alpha value is -2.74. The molecule has 0 fully saturated rings. The van der Waals surface area contributed by atoms with Crippen molar-refractivity contribution in [2.75, 3.05) is 0 Å². The number of rotatable bonds is 1. The topological polar surface area (TPSA) is 36.0 Å². The van der Waals surface area contributed by atoms with Gasteiger partial charge in [-0.2, -0.15) is 0 Å². The van der Waals surface area contributed by atoms with Crippen LogP contribution in [0.25, 0.3) is 32.9 Å². The van der Waals surface area contributed by atoms with E-state index in [2.05, 4.69) is 53.5 Å². The molecule has 1 aromatic heterocycles. The van der Waals surface area contributed by atoms with Crippen LogP contribution in [0, 0.1) is 0 Å². The zero-order valence-corrected chi connectivity index (χ0v) is 10.8. The zero-order chi connectivity index (χ0) is 13.5. The second-order valence-electron chi connectivity index (χ2n) is 4.98. The number of aromatic nitrogens is 1. The normalized spacial score (nSPS) is 11.2. The summed E-state index contributed by atoms with van der Waals surface area (Å²) in [4.78, 5) is 3.42. The van der Waals surface area contributed by atoms with E-state index in [1.165, 1.54) is 16.3 Å². The van der Waals surface area contributed by atoms with Crippen molar-refractivity contribution in [3.63, 3.8) is 0 Å². The van der Waals surface area contributed by atoms with E-state index >= 15 is 0 Å². The summed E-state index contributed by atoms with van der Waals surface area (Å²) in [6.07, 6.45) is 0. The van der Waals surface area contributed by atoms with E-state index in [0.717, 1.165) is 16.6 Å². The molecule has 0 saturated carbocycles. The molecule has 0 amide bonds. The number of H-pyrrole nitrogens is 1. The van der Waals surface area contributed by atoms with E-state index in [0.29, 0.717) is 5.75 Å². The Labute approximate surface area is 116 Å². The minimum Gasteiger partial charge on any atom is -0.508 e. The molecule has 0 aliphatic carbocycles. The Balaban J connectivity index is 2.01. The van der Waals surface area contributed by atoms with Gasteiger partial charge in [0, 0.05) is 22.2 Å². The smallest absolute Gasteiger partial charge is 0.116 e. The summed E-state index contributed by atoms with van der Waals surface area (Å²) >= 11 is 0. The fourth-order valence-corrected chi connectivity index (χ4v) is 2.73. The fraction of sp³-hybridized carbons (Fsp3) is 0. The lowest BCUT2D eigenvalue weighted by atomic mass is 10.0. The highest BCUT2D eigenvalue weighted by Crippen LogP contribution is 2.31. The zero-order valence-electron chi connectivity index (χ0n) is 10.8. The Morgan fingerprint density at radius 1 is 0.750 bits per heavy atom. The number of benzene rings is 3. The van der Waals surface area contributed by atoms with Gasteiger partial charge >= 0.3 is 0 Å². The minimum absolute atomic E-state index is 0.293. The van der Waals surface area contributed by atoms with Gasteiger partial charge in [0.05, 0.1) is 0 Å². The maximum absolute atomic E-state index is 9.57. The SMILES string of the molecule is Oc1ccc2[nH]c(-c3cccc4ccccc34)cc2c1. The van der Waals surface area contributed by atoms with Crippen LogP contribution in [0.5, 0.6) is 5.75 Å². The van der Waals surface area contributed by atoms with Crippen LogP contribution in [0.4, 0.5) is 0 Å². The molecule has 4 aromatic rings. The molecule has 1 heterocycles. The molecule has 4 rings (SSSR count). The average molecular weight is 259 g/mol. The molecular formula is C18H13NO. The number of phenols is 1. The quantitative estimate of drug-likeness (QED) is 0.511. The molecular weight excluding hydrogens is 246 g/mol. The number of nitrogens with one attached hydrogen (secondary N) is 1. The molecule has 2 heteroatoms. The highest BCUT2D eigenvalue weighted by Gasteiger charge is 2.07. The van der Waals surface area contributed by atoms with Crippen molar-refractivity contribution in [1.82, 2.24) is 4.98 Å². The van der Waals surface area contributed by atoms with Crippen LogP contribution in [-0.4, -0.2) is 10.1 Å². The molecule has 0 saturated heterocycles. The Kier molecular flexibility index (Phi) is 2.30. The second kappa shape index (κ2) is 4.14. The number of hydrogen-bond acceptors (Lipinski definition) is 1. The molecule has 0 aliphatic heterocycles. The number of fused-ring (bicyclic) bond motifs is 2. The van der Waals surface area contributed by atoms with Gasteiger partial charge < -0.3 is 10.1 Å². The third-order valence-corrected chi connectivity index (χ3v) is 3.68. The predicted octanol–water partition coefficient (Wildman–Crippen LogP) is 4.69. The van der Waals surface area contributed by atoms with Crippen molar-refractivity contribution in [2.24, 2.45) is 0 Å². The van der Waals surface area contributed by atoms with Crippen molar-refractivity contribution in [2.45, 2.75) is 0 Å². The molecule has 0 unspecified atom stereocenters. The lowest BCUT2D eigenvalue weighted by molar-refractivity contribution is 0.476. The molecule has 96 valence electrons. The summed E-state index contributed by atoms with van der Waals surface area (Å²) in [6, 6.07) is 22.1. The molecule has 20 heavy (non-hydrogen) atoms. The molecule has 0 bridgehead atoms. The van der Waals surface area contributed by atoms with Crippen LogP contribution in [0.3, 0.4) is 0 Å². The largest absolute Gasteiger partial charge is 0.508 e. The van der Waals surface area contributed by atoms with E-state index in [1.807, 2.05) is 6.07 Å². The highest BCUT2D eigenvalue weighted by molar-refractivity contribution is 5.98. The first-order valence-corrected chi connectivity index (χ1v) is 6.61. The van der Waals surface area contributed by atoms with Crippen LogP contribution in [0.2, 0.25) is 0 Å². The maximum Gasteiger partial charge on any atom is 0.116 e. The Morgan fingerprint density at radius 2 is 1.60 bits per heavy atom. The monoisotopic (exact) mass is 259 g/mol. The molecule has 0 atom stereocenters. The summed E-state index contributed by atoms with van der Waals surface area (Å²) in [7, 11) is 0. The van der Waals surface area contributed by atoms with Gasteiger partial charge in [0.2, 0.25) is 0 Å². The number of hydrogen-bond donors (Lipinski definition) is 2. The third-order valence-electron chi connectivity index (χ3n) is 3.68. The summed E-state index contributed by atoms with van der Waals surface area (Å²) in [5.74, 6) is 0.293. The number of aromatic hydroxyl groups is 1.